The molecule has 0 saturated carbocycles. The third kappa shape index (κ3) is 3.85. The summed E-state index contributed by atoms with van der Waals surface area (Å²) >= 11 is 0. The molecule has 1 rings (SSSR count). The highest BCUT2D eigenvalue weighted by atomic mass is 16.6. The molecule has 1 aliphatic rings. The van der Waals surface area contributed by atoms with Crippen LogP contribution in [0, 0.1) is 0 Å². The topological polar surface area (TPSA) is 55.8 Å². The number of hydrogen-bond acceptors (Lipinski definition) is 4. The van der Waals surface area contributed by atoms with Gasteiger partial charge in [0, 0.05) is 6.54 Å². The highest BCUT2D eigenvalue weighted by Gasteiger charge is 2.46. The van der Waals surface area contributed by atoms with Crippen molar-refractivity contribution in [3.8, 4) is 0 Å². The fourth-order valence-electron chi connectivity index (χ4n) is 2.23. The lowest BCUT2D eigenvalue weighted by Crippen LogP contribution is -2.58. The smallest absolute Gasteiger partial charge is 0.411 e. The lowest BCUT2D eigenvalue weighted by atomic mass is 9.89. The summed E-state index contributed by atoms with van der Waals surface area (Å²) in [5, 5.41) is 0. The Hall–Kier alpha value is -1.26. The Bertz CT molecular complexity index is 348. The molecule has 5 nitrogen and oxygen atoms in total. The van der Waals surface area contributed by atoms with Crippen molar-refractivity contribution < 1.29 is 19.1 Å². The van der Waals surface area contributed by atoms with Gasteiger partial charge in [-0.25, -0.2) is 9.59 Å². The van der Waals surface area contributed by atoms with Crippen molar-refractivity contribution in [3.05, 3.63) is 0 Å². The van der Waals surface area contributed by atoms with Crippen LogP contribution >= 0.6 is 0 Å². The van der Waals surface area contributed by atoms with Crippen molar-refractivity contribution in [2.75, 3.05) is 13.2 Å². The van der Waals surface area contributed by atoms with Crippen LogP contribution in [0.2, 0.25) is 0 Å². The first kappa shape index (κ1) is 15.8. The third-order valence-electron chi connectivity index (χ3n) is 3.22. The average Bonchev–Trinajstić information content (AvgIpc) is 2.27. The van der Waals surface area contributed by atoms with Crippen molar-refractivity contribution in [2.24, 2.45) is 0 Å². The summed E-state index contributed by atoms with van der Waals surface area (Å²) in [6.07, 6.45) is 1.97. The first-order chi connectivity index (χ1) is 8.70. The number of carbonyl (C=O) groups is 2. The predicted molar refractivity (Wildman–Crippen MR) is 71.8 cm³/mol. The monoisotopic (exact) mass is 271 g/mol. The van der Waals surface area contributed by atoms with Crippen molar-refractivity contribution in [1.82, 2.24) is 4.90 Å². The standard InChI is InChI=1S/C14H25NO4/c1-6-18-11(16)14(5)9-7-8-10-15(14)12(17)19-13(2,3)4/h6-10H2,1-5H3/t14-/m0/s1. The molecule has 1 fully saturated rings. The number of hydrogen-bond donors (Lipinski definition) is 0. The number of nitrogens with zero attached hydrogens (tertiary/aromatic N) is 1. The first-order valence-corrected chi connectivity index (χ1v) is 6.88. The van der Waals surface area contributed by atoms with Crippen LogP contribution in [0.3, 0.4) is 0 Å². The number of carbonyl (C=O) groups excluding carboxylic acids is 2. The summed E-state index contributed by atoms with van der Waals surface area (Å²) in [5.74, 6) is -0.347. The first-order valence-electron chi connectivity index (χ1n) is 6.88. The van der Waals surface area contributed by atoms with Gasteiger partial charge in [-0.3, -0.25) is 4.90 Å². The van der Waals surface area contributed by atoms with Gasteiger partial charge < -0.3 is 9.47 Å². The molecule has 0 radical (unpaired) electrons. The van der Waals surface area contributed by atoms with E-state index in [0.717, 1.165) is 12.8 Å². The Kier molecular flexibility index (Phi) is 4.82. The summed E-state index contributed by atoms with van der Waals surface area (Å²) < 4.78 is 10.5. The van der Waals surface area contributed by atoms with Gasteiger partial charge in [0.1, 0.15) is 11.1 Å². The van der Waals surface area contributed by atoms with Crippen LogP contribution in [0.4, 0.5) is 4.79 Å². The Labute approximate surface area is 115 Å². The molecule has 0 N–H and O–H groups in total. The average molecular weight is 271 g/mol. The van der Waals surface area contributed by atoms with E-state index in [1.54, 1.807) is 13.8 Å². The van der Waals surface area contributed by atoms with Gasteiger partial charge in [-0.1, -0.05) is 0 Å². The minimum absolute atomic E-state index is 0.316. The Balaban J connectivity index is 2.88. The van der Waals surface area contributed by atoms with Gasteiger partial charge in [0.15, 0.2) is 0 Å². The second-order valence-electron chi connectivity index (χ2n) is 6.08. The molecule has 1 heterocycles. The van der Waals surface area contributed by atoms with Gasteiger partial charge in [-0.2, -0.15) is 0 Å². The van der Waals surface area contributed by atoms with Crippen molar-refractivity contribution in [3.63, 3.8) is 0 Å². The normalized spacial score (nSPS) is 23.9. The lowest BCUT2D eigenvalue weighted by molar-refractivity contribution is -0.158. The molecular formula is C14H25NO4. The van der Waals surface area contributed by atoms with E-state index in [0.29, 0.717) is 19.6 Å². The number of rotatable bonds is 2. The maximum atomic E-state index is 12.2. The summed E-state index contributed by atoms with van der Waals surface area (Å²) in [7, 11) is 0. The molecule has 1 atom stereocenters. The number of ether oxygens (including phenoxy) is 2. The SMILES string of the molecule is CCOC(=O)[C@]1(C)CCCCN1C(=O)OC(C)(C)C. The zero-order valence-corrected chi connectivity index (χ0v) is 12.6. The Morgan fingerprint density at radius 1 is 1.26 bits per heavy atom. The van der Waals surface area contributed by atoms with Crippen LogP contribution in [0.15, 0.2) is 0 Å². The van der Waals surface area contributed by atoms with E-state index >= 15 is 0 Å². The highest BCUT2D eigenvalue weighted by molar-refractivity contribution is 5.85. The minimum atomic E-state index is -0.906. The van der Waals surface area contributed by atoms with Crippen LogP contribution in [-0.2, 0) is 14.3 Å². The molecule has 0 aromatic carbocycles. The number of likely N-dealkylation sites (tertiary alicyclic amines) is 1. The Morgan fingerprint density at radius 2 is 1.89 bits per heavy atom. The highest BCUT2D eigenvalue weighted by Crippen LogP contribution is 2.30. The molecule has 1 aliphatic heterocycles. The molecular weight excluding hydrogens is 246 g/mol. The summed E-state index contributed by atoms with van der Waals surface area (Å²) in [4.78, 5) is 25.9. The zero-order valence-electron chi connectivity index (χ0n) is 12.6. The van der Waals surface area contributed by atoms with Gasteiger partial charge in [0.2, 0.25) is 0 Å². The summed E-state index contributed by atoms with van der Waals surface area (Å²) in [6.45, 7) is 9.82. The van der Waals surface area contributed by atoms with Crippen LogP contribution in [0.5, 0.6) is 0 Å². The molecule has 1 amide bonds. The number of piperidine rings is 1. The van der Waals surface area contributed by atoms with E-state index in [4.69, 9.17) is 9.47 Å². The van der Waals surface area contributed by atoms with Crippen molar-refractivity contribution >= 4 is 12.1 Å². The number of esters is 1. The van der Waals surface area contributed by atoms with Crippen LogP contribution in [0.1, 0.15) is 53.9 Å². The molecule has 0 aromatic heterocycles. The molecule has 19 heavy (non-hydrogen) atoms. The van der Waals surface area contributed by atoms with E-state index in [-0.39, 0.29) is 5.97 Å². The molecule has 110 valence electrons. The van der Waals surface area contributed by atoms with Gasteiger partial charge in [-0.05, 0) is 53.9 Å². The summed E-state index contributed by atoms with van der Waals surface area (Å²) in [6, 6.07) is 0. The van der Waals surface area contributed by atoms with Crippen molar-refractivity contribution in [1.29, 1.82) is 0 Å². The summed E-state index contributed by atoms with van der Waals surface area (Å²) in [5.41, 5.74) is -1.47. The quantitative estimate of drug-likeness (QED) is 0.725. The minimum Gasteiger partial charge on any atom is -0.464 e. The van der Waals surface area contributed by atoms with Crippen LogP contribution < -0.4 is 0 Å². The maximum Gasteiger partial charge on any atom is 0.411 e. The number of amides is 1. The fraction of sp³-hybridized carbons (Fsp3) is 0.857. The zero-order chi connectivity index (χ0) is 14.7. The second-order valence-corrected chi connectivity index (χ2v) is 6.08. The third-order valence-corrected chi connectivity index (χ3v) is 3.22. The molecule has 0 aliphatic carbocycles. The van der Waals surface area contributed by atoms with Crippen LogP contribution in [0.25, 0.3) is 0 Å². The maximum absolute atomic E-state index is 12.2. The molecule has 0 unspecified atom stereocenters. The van der Waals surface area contributed by atoms with E-state index in [1.165, 1.54) is 4.90 Å². The van der Waals surface area contributed by atoms with Crippen LogP contribution in [-0.4, -0.2) is 41.3 Å². The predicted octanol–water partition coefficient (Wildman–Crippen LogP) is 2.73. The molecule has 0 bridgehead atoms. The molecule has 0 aromatic rings. The van der Waals surface area contributed by atoms with E-state index in [2.05, 4.69) is 0 Å². The molecule has 0 spiro atoms. The van der Waals surface area contributed by atoms with Gasteiger partial charge >= 0.3 is 12.1 Å². The van der Waals surface area contributed by atoms with Gasteiger partial charge in [0.05, 0.1) is 6.61 Å². The molecule has 5 heteroatoms. The van der Waals surface area contributed by atoms with Crippen molar-refractivity contribution in [2.45, 2.75) is 65.0 Å². The largest absolute Gasteiger partial charge is 0.464 e. The lowest BCUT2D eigenvalue weighted by Gasteiger charge is -2.42. The Morgan fingerprint density at radius 3 is 2.42 bits per heavy atom. The van der Waals surface area contributed by atoms with E-state index in [9.17, 15) is 9.59 Å². The van der Waals surface area contributed by atoms with Gasteiger partial charge in [-0.15, -0.1) is 0 Å². The second kappa shape index (κ2) is 5.80. The van der Waals surface area contributed by atoms with Gasteiger partial charge in [0.25, 0.3) is 0 Å². The fourth-order valence-corrected chi connectivity index (χ4v) is 2.23. The van der Waals surface area contributed by atoms with E-state index in [1.807, 2.05) is 20.8 Å². The molecule has 1 saturated heterocycles. The van der Waals surface area contributed by atoms with E-state index < -0.39 is 17.2 Å².